The predicted molar refractivity (Wildman–Crippen MR) is 77.8 cm³/mol. The van der Waals surface area contributed by atoms with Crippen LogP contribution in [-0.4, -0.2) is 29.6 Å². The summed E-state index contributed by atoms with van der Waals surface area (Å²) in [6.45, 7) is 0. The van der Waals surface area contributed by atoms with Gasteiger partial charge in [0.25, 0.3) is 5.91 Å². The van der Waals surface area contributed by atoms with E-state index < -0.39 is 23.5 Å². The van der Waals surface area contributed by atoms with Crippen LogP contribution >= 0.6 is 0 Å². The van der Waals surface area contributed by atoms with Gasteiger partial charge < -0.3 is 15.2 Å². The SMILES string of the molecule is COC(C(=O)NC1(C(=O)O)CCCCC1)c1ccccc1. The molecule has 1 unspecified atom stereocenters. The second-order valence-corrected chi connectivity index (χ2v) is 5.46. The molecule has 0 aromatic heterocycles. The van der Waals surface area contributed by atoms with Crippen LogP contribution < -0.4 is 5.32 Å². The quantitative estimate of drug-likeness (QED) is 0.872. The highest BCUT2D eigenvalue weighted by Crippen LogP contribution is 2.29. The molecule has 2 rings (SSSR count). The van der Waals surface area contributed by atoms with E-state index in [4.69, 9.17) is 4.74 Å². The van der Waals surface area contributed by atoms with Crippen molar-refractivity contribution in [1.29, 1.82) is 0 Å². The lowest BCUT2D eigenvalue weighted by molar-refractivity contribution is -0.151. The lowest BCUT2D eigenvalue weighted by atomic mass is 9.81. The number of nitrogens with one attached hydrogen (secondary N) is 1. The van der Waals surface area contributed by atoms with Crippen LogP contribution in [0.25, 0.3) is 0 Å². The molecular weight excluding hydrogens is 270 g/mol. The van der Waals surface area contributed by atoms with Gasteiger partial charge in [-0.2, -0.15) is 0 Å². The van der Waals surface area contributed by atoms with Crippen molar-refractivity contribution < 1.29 is 19.4 Å². The zero-order valence-corrected chi connectivity index (χ0v) is 12.2. The Labute approximate surface area is 124 Å². The number of ether oxygens (including phenoxy) is 1. The highest BCUT2D eigenvalue weighted by molar-refractivity contribution is 5.89. The minimum atomic E-state index is -1.15. The van der Waals surface area contributed by atoms with Gasteiger partial charge in [0, 0.05) is 7.11 Å². The maximum Gasteiger partial charge on any atom is 0.329 e. The van der Waals surface area contributed by atoms with Crippen LogP contribution in [0.15, 0.2) is 30.3 Å². The van der Waals surface area contributed by atoms with E-state index in [1.807, 2.05) is 18.2 Å². The summed E-state index contributed by atoms with van der Waals surface area (Å²) in [6, 6.07) is 9.09. The standard InChI is InChI=1S/C16H21NO4/c1-21-13(12-8-4-2-5-9-12)14(18)17-16(15(19)20)10-6-3-7-11-16/h2,4-5,8-9,13H,3,6-7,10-11H2,1H3,(H,17,18)(H,19,20). The third kappa shape index (κ3) is 3.42. The minimum absolute atomic E-state index is 0.395. The fourth-order valence-corrected chi connectivity index (χ4v) is 2.87. The fraction of sp³-hybridized carbons (Fsp3) is 0.500. The van der Waals surface area contributed by atoms with Crippen molar-refractivity contribution in [3.05, 3.63) is 35.9 Å². The van der Waals surface area contributed by atoms with Crippen LogP contribution in [-0.2, 0) is 14.3 Å². The molecule has 114 valence electrons. The Kier molecular flexibility index (Phi) is 4.96. The summed E-state index contributed by atoms with van der Waals surface area (Å²) in [5.74, 6) is -1.36. The normalized spacial score (nSPS) is 18.7. The first kappa shape index (κ1) is 15.5. The average Bonchev–Trinajstić information content (AvgIpc) is 2.50. The molecule has 1 aliphatic rings. The van der Waals surface area contributed by atoms with Gasteiger partial charge in [-0.25, -0.2) is 4.79 Å². The molecular formula is C16H21NO4. The molecule has 0 bridgehead atoms. The first-order chi connectivity index (χ1) is 10.1. The molecule has 5 heteroatoms. The zero-order valence-electron chi connectivity index (χ0n) is 12.2. The first-order valence-corrected chi connectivity index (χ1v) is 7.22. The maximum atomic E-state index is 12.5. The number of carbonyl (C=O) groups excluding carboxylic acids is 1. The molecule has 1 saturated carbocycles. The molecule has 0 saturated heterocycles. The maximum absolute atomic E-state index is 12.5. The third-order valence-corrected chi connectivity index (χ3v) is 4.06. The molecule has 1 atom stereocenters. The van der Waals surface area contributed by atoms with Crippen molar-refractivity contribution in [2.24, 2.45) is 0 Å². The van der Waals surface area contributed by atoms with Crippen molar-refractivity contribution in [3.8, 4) is 0 Å². The first-order valence-electron chi connectivity index (χ1n) is 7.22. The monoisotopic (exact) mass is 291 g/mol. The van der Waals surface area contributed by atoms with Gasteiger partial charge in [0.2, 0.25) is 0 Å². The molecule has 5 nitrogen and oxygen atoms in total. The van der Waals surface area contributed by atoms with Crippen LogP contribution in [0.4, 0.5) is 0 Å². The molecule has 0 spiro atoms. The summed E-state index contributed by atoms with van der Waals surface area (Å²) in [4.78, 5) is 24.1. The van der Waals surface area contributed by atoms with Crippen LogP contribution in [0.1, 0.15) is 43.8 Å². The Morgan fingerprint density at radius 2 is 1.81 bits per heavy atom. The molecule has 21 heavy (non-hydrogen) atoms. The van der Waals surface area contributed by atoms with E-state index in [2.05, 4.69) is 5.32 Å². The number of benzene rings is 1. The summed E-state index contributed by atoms with van der Waals surface area (Å²) in [5.41, 5.74) is -0.435. The van der Waals surface area contributed by atoms with Gasteiger partial charge in [0.15, 0.2) is 6.10 Å². The Hall–Kier alpha value is -1.88. The second-order valence-electron chi connectivity index (χ2n) is 5.46. The Morgan fingerprint density at radius 3 is 2.33 bits per heavy atom. The summed E-state index contributed by atoms with van der Waals surface area (Å²) in [5, 5.41) is 12.2. The number of aliphatic carboxylic acids is 1. The van der Waals surface area contributed by atoms with Gasteiger partial charge in [-0.3, -0.25) is 4.79 Å². The van der Waals surface area contributed by atoms with Crippen LogP contribution in [0.3, 0.4) is 0 Å². The highest BCUT2D eigenvalue weighted by Gasteiger charge is 2.42. The van der Waals surface area contributed by atoms with Crippen LogP contribution in [0, 0.1) is 0 Å². The molecule has 0 aliphatic heterocycles. The van der Waals surface area contributed by atoms with Crippen LogP contribution in [0.2, 0.25) is 0 Å². The lowest BCUT2D eigenvalue weighted by Crippen LogP contribution is -2.56. The smallest absolute Gasteiger partial charge is 0.329 e. The molecule has 1 aliphatic carbocycles. The number of carboxylic acid groups (broad SMARTS) is 1. The van der Waals surface area contributed by atoms with Crippen molar-refractivity contribution in [1.82, 2.24) is 5.32 Å². The summed E-state index contributed by atoms with van der Waals surface area (Å²) in [6.07, 6.45) is 2.80. The van der Waals surface area contributed by atoms with Crippen molar-refractivity contribution in [2.75, 3.05) is 7.11 Å². The largest absolute Gasteiger partial charge is 0.480 e. The van der Waals surface area contributed by atoms with E-state index in [-0.39, 0.29) is 0 Å². The fourth-order valence-electron chi connectivity index (χ4n) is 2.87. The molecule has 1 aromatic rings. The van der Waals surface area contributed by atoms with Gasteiger partial charge in [-0.05, 0) is 18.4 Å². The van der Waals surface area contributed by atoms with Crippen LogP contribution in [0.5, 0.6) is 0 Å². The molecule has 1 aromatic carbocycles. The Morgan fingerprint density at radius 1 is 1.19 bits per heavy atom. The molecule has 2 N–H and O–H groups in total. The van der Waals surface area contributed by atoms with Gasteiger partial charge in [-0.15, -0.1) is 0 Å². The number of carboxylic acids is 1. The number of carbonyl (C=O) groups is 2. The lowest BCUT2D eigenvalue weighted by Gasteiger charge is -2.35. The number of hydrogen-bond donors (Lipinski definition) is 2. The van der Waals surface area contributed by atoms with Crippen molar-refractivity contribution in [2.45, 2.75) is 43.7 Å². The van der Waals surface area contributed by atoms with Gasteiger partial charge in [0.1, 0.15) is 5.54 Å². The van der Waals surface area contributed by atoms with Gasteiger partial charge in [-0.1, -0.05) is 49.6 Å². The average molecular weight is 291 g/mol. The summed E-state index contributed by atoms with van der Waals surface area (Å²) >= 11 is 0. The highest BCUT2D eigenvalue weighted by atomic mass is 16.5. The van der Waals surface area contributed by atoms with Gasteiger partial charge in [0.05, 0.1) is 0 Å². The Balaban J connectivity index is 2.16. The molecule has 0 heterocycles. The zero-order chi connectivity index (χ0) is 15.3. The number of methoxy groups -OCH3 is 1. The van der Waals surface area contributed by atoms with Crippen molar-refractivity contribution >= 4 is 11.9 Å². The van der Waals surface area contributed by atoms with Gasteiger partial charge >= 0.3 is 5.97 Å². The van der Waals surface area contributed by atoms with Crippen molar-refractivity contribution in [3.63, 3.8) is 0 Å². The molecule has 0 radical (unpaired) electrons. The number of rotatable bonds is 5. The van der Waals surface area contributed by atoms with E-state index in [0.29, 0.717) is 18.4 Å². The molecule has 1 fully saturated rings. The van der Waals surface area contributed by atoms with E-state index in [1.165, 1.54) is 7.11 Å². The predicted octanol–water partition coefficient (Wildman–Crippen LogP) is 2.28. The molecule has 1 amide bonds. The summed E-state index contributed by atoms with van der Waals surface area (Å²) in [7, 11) is 1.45. The van der Waals surface area contributed by atoms with E-state index in [9.17, 15) is 14.7 Å². The topological polar surface area (TPSA) is 75.6 Å². The van der Waals surface area contributed by atoms with E-state index in [1.54, 1.807) is 12.1 Å². The second kappa shape index (κ2) is 6.72. The number of amides is 1. The van der Waals surface area contributed by atoms with E-state index >= 15 is 0 Å². The third-order valence-electron chi connectivity index (χ3n) is 4.06. The Bertz CT molecular complexity index is 494. The van der Waals surface area contributed by atoms with E-state index in [0.717, 1.165) is 19.3 Å². The minimum Gasteiger partial charge on any atom is -0.480 e. The summed E-state index contributed by atoms with van der Waals surface area (Å²) < 4.78 is 5.26. The number of hydrogen-bond acceptors (Lipinski definition) is 3.